The molecule has 0 aliphatic carbocycles. The molecular weight excluding hydrogens is 406 g/mol. The molecule has 1 unspecified atom stereocenters. The Morgan fingerprint density at radius 2 is 1.94 bits per heavy atom. The molecule has 31 heavy (non-hydrogen) atoms. The largest absolute Gasteiger partial charge is 0.339 e. The molecule has 1 aliphatic heterocycles. The lowest BCUT2D eigenvalue weighted by Crippen LogP contribution is -2.44. The maximum Gasteiger partial charge on any atom is 0.266 e. The number of nitrogens with zero attached hydrogens (tertiary/aromatic N) is 3. The summed E-state index contributed by atoms with van der Waals surface area (Å²) in [7, 11) is 0. The Kier molecular flexibility index (Phi) is 6.46. The van der Waals surface area contributed by atoms with Gasteiger partial charge >= 0.3 is 0 Å². The fourth-order valence-corrected chi connectivity index (χ4v) is 5.16. The fraction of sp³-hybridized carbons (Fsp3) is 0.400. The molecule has 2 heterocycles. The van der Waals surface area contributed by atoms with Crippen LogP contribution in [-0.2, 0) is 4.79 Å². The summed E-state index contributed by atoms with van der Waals surface area (Å²) in [6, 6.07) is 13.7. The van der Waals surface area contributed by atoms with Crippen LogP contribution in [0.5, 0.6) is 0 Å². The van der Waals surface area contributed by atoms with Crippen LogP contribution in [0.3, 0.4) is 0 Å². The predicted octanol–water partition coefficient (Wildman–Crippen LogP) is 4.89. The quantitative estimate of drug-likeness (QED) is 0.423. The number of likely N-dealkylation sites (tertiary alicyclic amines) is 1. The van der Waals surface area contributed by atoms with E-state index in [1.807, 2.05) is 48.2 Å². The van der Waals surface area contributed by atoms with Crippen LogP contribution in [0.25, 0.3) is 16.6 Å². The van der Waals surface area contributed by atoms with Gasteiger partial charge in [0.25, 0.3) is 5.56 Å². The predicted molar refractivity (Wildman–Crippen MR) is 127 cm³/mol. The van der Waals surface area contributed by atoms with Crippen LogP contribution < -0.4 is 5.56 Å². The molecule has 0 bridgehead atoms. The number of para-hydroxylation sites is 1. The lowest BCUT2D eigenvalue weighted by Gasteiger charge is -2.35. The Hall–Kier alpha value is -2.60. The van der Waals surface area contributed by atoms with Gasteiger partial charge in [0.05, 0.1) is 22.3 Å². The zero-order chi connectivity index (χ0) is 22.0. The smallest absolute Gasteiger partial charge is 0.266 e. The second-order valence-corrected chi connectivity index (χ2v) is 9.20. The van der Waals surface area contributed by atoms with E-state index in [0.717, 1.165) is 37.1 Å². The fourth-order valence-electron chi connectivity index (χ4n) is 4.26. The number of aromatic nitrogens is 2. The highest BCUT2D eigenvalue weighted by atomic mass is 32.2. The normalized spacial score (nSPS) is 16.6. The first-order chi connectivity index (χ1) is 15.0. The molecule has 162 valence electrons. The third-order valence-electron chi connectivity index (χ3n) is 6.24. The van der Waals surface area contributed by atoms with Gasteiger partial charge in [0.1, 0.15) is 0 Å². The number of fused-ring (bicyclic) bond motifs is 1. The molecule has 2 aromatic carbocycles. The van der Waals surface area contributed by atoms with Crippen molar-refractivity contribution in [1.82, 2.24) is 14.5 Å². The number of hydrogen-bond acceptors (Lipinski definition) is 4. The van der Waals surface area contributed by atoms with Gasteiger partial charge in [-0.2, -0.15) is 0 Å². The Morgan fingerprint density at radius 1 is 1.13 bits per heavy atom. The van der Waals surface area contributed by atoms with Gasteiger partial charge in [0.2, 0.25) is 5.91 Å². The van der Waals surface area contributed by atoms with E-state index in [0.29, 0.717) is 22.1 Å². The van der Waals surface area contributed by atoms with Gasteiger partial charge < -0.3 is 4.90 Å². The van der Waals surface area contributed by atoms with Crippen LogP contribution in [0.1, 0.15) is 43.7 Å². The molecule has 3 aromatic rings. The van der Waals surface area contributed by atoms with Gasteiger partial charge in [-0.25, -0.2) is 4.98 Å². The van der Waals surface area contributed by atoms with E-state index in [9.17, 15) is 9.59 Å². The molecule has 1 fully saturated rings. The molecule has 5 nitrogen and oxygen atoms in total. The molecule has 1 aromatic heterocycles. The molecule has 0 saturated carbocycles. The number of carbonyl (C=O) groups is 1. The molecular formula is C25H29N3O2S. The standard InChI is InChI=1S/C25H29N3O2S/c1-4-19-9-7-8-14-27(19)23(29)16-31-25-26-22-11-6-5-10-21(22)24(30)28(25)20-13-12-17(2)18(3)15-20/h5-6,10-13,15,19H,4,7-9,14,16H2,1-3H3. The summed E-state index contributed by atoms with van der Waals surface area (Å²) in [6.07, 6.45) is 4.31. The minimum atomic E-state index is -0.104. The SMILES string of the molecule is CCC1CCCCN1C(=O)CSc1nc2ccccc2c(=O)n1-c1ccc(C)c(C)c1. The molecule has 4 rings (SSSR count). The summed E-state index contributed by atoms with van der Waals surface area (Å²) in [6.45, 7) is 7.06. The number of thioether (sulfide) groups is 1. The van der Waals surface area contributed by atoms with E-state index < -0.39 is 0 Å². The number of benzene rings is 2. The van der Waals surface area contributed by atoms with Crippen molar-refractivity contribution >= 4 is 28.6 Å². The number of piperidine rings is 1. The first-order valence-electron chi connectivity index (χ1n) is 11.0. The highest BCUT2D eigenvalue weighted by molar-refractivity contribution is 7.99. The van der Waals surface area contributed by atoms with Gasteiger partial charge in [-0.3, -0.25) is 14.2 Å². The summed E-state index contributed by atoms with van der Waals surface area (Å²) in [5.74, 6) is 0.414. The van der Waals surface area contributed by atoms with Crippen molar-refractivity contribution in [2.75, 3.05) is 12.3 Å². The molecule has 1 saturated heterocycles. The van der Waals surface area contributed by atoms with Crippen molar-refractivity contribution in [3.8, 4) is 5.69 Å². The van der Waals surface area contributed by atoms with Crippen LogP contribution in [-0.4, -0.2) is 38.7 Å². The van der Waals surface area contributed by atoms with E-state index in [1.54, 1.807) is 10.6 Å². The van der Waals surface area contributed by atoms with Crippen molar-refractivity contribution in [2.45, 2.75) is 57.7 Å². The highest BCUT2D eigenvalue weighted by Crippen LogP contribution is 2.25. The highest BCUT2D eigenvalue weighted by Gasteiger charge is 2.26. The Bertz CT molecular complexity index is 1170. The van der Waals surface area contributed by atoms with E-state index in [-0.39, 0.29) is 17.2 Å². The molecule has 1 amide bonds. The second kappa shape index (κ2) is 9.27. The van der Waals surface area contributed by atoms with Crippen molar-refractivity contribution < 1.29 is 4.79 Å². The van der Waals surface area contributed by atoms with Crippen molar-refractivity contribution in [1.29, 1.82) is 0 Å². The average molecular weight is 436 g/mol. The van der Waals surface area contributed by atoms with E-state index in [4.69, 9.17) is 4.98 Å². The van der Waals surface area contributed by atoms with Crippen LogP contribution in [0.15, 0.2) is 52.4 Å². The van der Waals surface area contributed by atoms with Crippen LogP contribution >= 0.6 is 11.8 Å². The number of carbonyl (C=O) groups excluding carboxylic acids is 1. The topological polar surface area (TPSA) is 55.2 Å². The van der Waals surface area contributed by atoms with E-state index in [1.165, 1.54) is 23.7 Å². The van der Waals surface area contributed by atoms with Gasteiger partial charge in [0, 0.05) is 12.6 Å². The molecule has 1 aliphatic rings. The Labute approximate surface area is 187 Å². The molecule has 1 atom stereocenters. The zero-order valence-electron chi connectivity index (χ0n) is 18.4. The van der Waals surface area contributed by atoms with Gasteiger partial charge in [-0.1, -0.05) is 36.9 Å². The first kappa shape index (κ1) is 21.6. The summed E-state index contributed by atoms with van der Waals surface area (Å²) in [5, 5.41) is 1.14. The summed E-state index contributed by atoms with van der Waals surface area (Å²) in [5.41, 5.74) is 3.63. The van der Waals surface area contributed by atoms with Crippen molar-refractivity contribution in [2.24, 2.45) is 0 Å². The van der Waals surface area contributed by atoms with Gasteiger partial charge in [-0.05, 0) is 74.9 Å². The third kappa shape index (κ3) is 4.40. The molecule has 6 heteroatoms. The van der Waals surface area contributed by atoms with Crippen LogP contribution in [0.2, 0.25) is 0 Å². The lowest BCUT2D eigenvalue weighted by atomic mass is 10.0. The van der Waals surface area contributed by atoms with Crippen molar-refractivity contribution in [3.63, 3.8) is 0 Å². The Balaban J connectivity index is 1.71. The summed E-state index contributed by atoms with van der Waals surface area (Å²) in [4.78, 5) is 33.2. The maximum atomic E-state index is 13.4. The minimum absolute atomic E-state index is 0.104. The third-order valence-corrected chi connectivity index (χ3v) is 7.16. The monoisotopic (exact) mass is 435 g/mol. The molecule has 0 N–H and O–H groups in total. The molecule has 0 spiro atoms. The van der Waals surface area contributed by atoms with Crippen LogP contribution in [0, 0.1) is 13.8 Å². The average Bonchev–Trinajstić information content (AvgIpc) is 2.79. The number of aryl methyl sites for hydroxylation is 2. The second-order valence-electron chi connectivity index (χ2n) is 8.25. The molecule has 0 radical (unpaired) electrons. The Morgan fingerprint density at radius 3 is 2.71 bits per heavy atom. The number of rotatable bonds is 5. The summed E-state index contributed by atoms with van der Waals surface area (Å²) >= 11 is 1.36. The minimum Gasteiger partial charge on any atom is -0.339 e. The number of hydrogen-bond donors (Lipinski definition) is 0. The van der Waals surface area contributed by atoms with E-state index in [2.05, 4.69) is 13.8 Å². The van der Waals surface area contributed by atoms with Crippen LogP contribution in [0.4, 0.5) is 0 Å². The number of amides is 1. The zero-order valence-corrected chi connectivity index (χ0v) is 19.2. The maximum absolute atomic E-state index is 13.4. The summed E-state index contributed by atoms with van der Waals surface area (Å²) < 4.78 is 1.65. The first-order valence-corrected chi connectivity index (χ1v) is 12.0. The van der Waals surface area contributed by atoms with Gasteiger partial charge in [-0.15, -0.1) is 0 Å². The van der Waals surface area contributed by atoms with E-state index >= 15 is 0 Å². The van der Waals surface area contributed by atoms with Gasteiger partial charge in [0.15, 0.2) is 5.16 Å². The van der Waals surface area contributed by atoms with Crippen molar-refractivity contribution in [3.05, 3.63) is 63.9 Å². The lowest BCUT2D eigenvalue weighted by molar-refractivity contribution is -0.132.